The van der Waals surface area contributed by atoms with Crippen LogP contribution in [0, 0.1) is 0 Å². The average molecular weight is 303 g/mol. The normalized spacial score (nSPS) is 11.9. The fourth-order valence-electron chi connectivity index (χ4n) is 1.54. The lowest BCUT2D eigenvalue weighted by atomic mass is 10.0. The van der Waals surface area contributed by atoms with Gasteiger partial charge in [0.05, 0.1) is 11.1 Å². The van der Waals surface area contributed by atoms with E-state index in [0.29, 0.717) is 0 Å². The first kappa shape index (κ1) is 16.8. The number of hydrogen-bond donors (Lipinski definition) is 3. The van der Waals surface area contributed by atoms with Crippen molar-refractivity contribution in [2.45, 2.75) is 25.6 Å². The Kier molecular flexibility index (Phi) is 4.50. The second-order valence-corrected chi connectivity index (χ2v) is 4.95. The predicted octanol–water partition coefficient (Wildman–Crippen LogP) is 1.74. The van der Waals surface area contributed by atoms with Gasteiger partial charge in [-0.15, -0.1) is 0 Å². The number of benzene rings is 1. The molecule has 0 aromatic heterocycles. The summed E-state index contributed by atoms with van der Waals surface area (Å²) in [6.07, 6.45) is -4.57. The van der Waals surface area contributed by atoms with Crippen LogP contribution in [0.15, 0.2) is 18.2 Å². The van der Waals surface area contributed by atoms with E-state index in [0.717, 1.165) is 18.2 Å². The minimum Gasteiger partial charge on any atom is -0.387 e. The lowest BCUT2D eigenvalue weighted by molar-refractivity contribution is -0.137. The van der Waals surface area contributed by atoms with Crippen LogP contribution in [-0.2, 0) is 11.0 Å². The number of anilines is 1. The monoisotopic (exact) mass is 303 g/mol. The van der Waals surface area contributed by atoms with Crippen LogP contribution in [0.4, 0.5) is 18.9 Å². The molecule has 0 aliphatic rings. The molecule has 0 saturated heterocycles. The fourth-order valence-corrected chi connectivity index (χ4v) is 1.54. The molecule has 0 aliphatic heterocycles. The maximum Gasteiger partial charge on any atom is 0.416 e. The Bertz CT molecular complexity index is 568. The molecule has 1 rings (SSSR count). The van der Waals surface area contributed by atoms with Gasteiger partial charge in [-0.2, -0.15) is 13.2 Å². The third kappa shape index (κ3) is 3.87. The second kappa shape index (κ2) is 5.63. The van der Waals surface area contributed by atoms with Crippen LogP contribution in [0.3, 0.4) is 0 Å². The summed E-state index contributed by atoms with van der Waals surface area (Å²) in [5.74, 6) is -1.62. The van der Waals surface area contributed by atoms with Crippen molar-refractivity contribution in [1.82, 2.24) is 5.32 Å². The Morgan fingerprint density at radius 1 is 1.19 bits per heavy atom. The van der Waals surface area contributed by atoms with Crippen molar-refractivity contribution in [2.24, 2.45) is 5.73 Å². The van der Waals surface area contributed by atoms with Crippen LogP contribution >= 0.6 is 0 Å². The van der Waals surface area contributed by atoms with Gasteiger partial charge in [0.1, 0.15) is 5.54 Å². The number of nitrogens with two attached hydrogens (primary N) is 1. The third-order valence-corrected chi connectivity index (χ3v) is 2.90. The lowest BCUT2D eigenvalue weighted by Gasteiger charge is -2.23. The van der Waals surface area contributed by atoms with Crippen molar-refractivity contribution in [3.05, 3.63) is 29.3 Å². The van der Waals surface area contributed by atoms with E-state index < -0.39 is 29.1 Å². The highest BCUT2D eigenvalue weighted by Crippen LogP contribution is 2.31. The van der Waals surface area contributed by atoms with Gasteiger partial charge in [-0.3, -0.25) is 9.59 Å². The van der Waals surface area contributed by atoms with Gasteiger partial charge in [-0.1, -0.05) is 0 Å². The van der Waals surface area contributed by atoms with Gasteiger partial charge in [0, 0.05) is 12.7 Å². The molecule has 1 aromatic rings. The minimum absolute atomic E-state index is 0.209. The summed E-state index contributed by atoms with van der Waals surface area (Å²) in [7, 11) is 1.47. The molecule has 2 amide bonds. The molecule has 116 valence electrons. The molecule has 1 aromatic carbocycles. The van der Waals surface area contributed by atoms with Gasteiger partial charge < -0.3 is 16.4 Å². The predicted molar refractivity (Wildman–Crippen MR) is 71.7 cm³/mol. The van der Waals surface area contributed by atoms with Gasteiger partial charge >= 0.3 is 6.18 Å². The van der Waals surface area contributed by atoms with Crippen LogP contribution in [0.2, 0.25) is 0 Å². The summed E-state index contributed by atoms with van der Waals surface area (Å²) in [6.45, 7) is 2.72. The van der Waals surface area contributed by atoms with Crippen molar-refractivity contribution in [3.8, 4) is 0 Å². The van der Waals surface area contributed by atoms with E-state index >= 15 is 0 Å². The maximum absolute atomic E-state index is 12.7. The summed E-state index contributed by atoms with van der Waals surface area (Å²) in [5.41, 5.74) is 2.77. The number of primary amides is 1. The number of halogens is 3. The van der Waals surface area contributed by atoms with E-state index in [1.165, 1.54) is 20.9 Å². The molecule has 4 N–H and O–H groups in total. The van der Waals surface area contributed by atoms with Crippen molar-refractivity contribution in [2.75, 3.05) is 12.4 Å². The smallest absolute Gasteiger partial charge is 0.387 e. The highest BCUT2D eigenvalue weighted by molar-refractivity contribution is 6.02. The Hall–Kier alpha value is -2.25. The zero-order valence-electron chi connectivity index (χ0n) is 11.8. The second-order valence-electron chi connectivity index (χ2n) is 4.95. The van der Waals surface area contributed by atoms with Crippen LogP contribution < -0.4 is 16.4 Å². The van der Waals surface area contributed by atoms with Crippen molar-refractivity contribution < 1.29 is 22.8 Å². The zero-order chi connectivity index (χ0) is 16.4. The Labute approximate surface area is 119 Å². The van der Waals surface area contributed by atoms with Crippen molar-refractivity contribution in [1.29, 1.82) is 0 Å². The SMILES string of the molecule is CNc1ccc(C(F)(F)F)cc1C(=O)NC(C)(C)C(N)=O. The Balaban J connectivity index is 3.21. The number of hydrogen-bond acceptors (Lipinski definition) is 3. The van der Waals surface area contributed by atoms with Crippen LogP contribution in [0.5, 0.6) is 0 Å². The van der Waals surface area contributed by atoms with Crippen molar-refractivity contribution >= 4 is 17.5 Å². The van der Waals surface area contributed by atoms with E-state index in [1.807, 2.05) is 0 Å². The minimum atomic E-state index is -4.57. The molecular formula is C13H16F3N3O2. The fraction of sp³-hybridized carbons (Fsp3) is 0.385. The van der Waals surface area contributed by atoms with Gasteiger partial charge in [-0.25, -0.2) is 0 Å². The van der Waals surface area contributed by atoms with E-state index in [4.69, 9.17) is 5.73 Å². The molecule has 0 spiro atoms. The molecular weight excluding hydrogens is 287 g/mol. The zero-order valence-corrected chi connectivity index (χ0v) is 11.8. The number of nitrogens with one attached hydrogen (secondary N) is 2. The van der Waals surface area contributed by atoms with E-state index in [9.17, 15) is 22.8 Å². The summed E-state index contributed by atoms with van der Waals surface area (Å²) >= 11 is 0. The molecule has 0 saturated carbocycles. The topological polar surface area (TPSA) is 84.2 Å². The Morgan fingerprint density at radius 2 is 1.76 bits per heavy atom. The maximum atomic E-state index is 12.7. The van der Waals surface area contributed by atoms with Gasteiger partial charge in [0.25, 0.3) is 5.91 Å². The van der Waals surface area contributed by atoms with Crippen LogP contribution in [0.25, 0.3) is 0 Å². The first-order valence-corrected chi connectivity index (χ1v) is 6.00. The van der Waals surface area contributed by atoms with Gasteiger partial charge in [0.15, 0.2) is 0 Å². The highest BCUT2D eigenvalue weighted by Gasteiger charge is 2.33. The molecule has 0 unspecified atom stereocenters. The van der Waals surface area contributed by atoms with E-state index in [2.05, 4.69) is 10.6 Å². The lowest BCUT2D eigenvalue weighted by Crippen LogP contribution is -2.53. The third-order valence-electron chi connectivity index (χ3n) is 2.90. The number of carbonyl (C=O) groups excluding carboxylic acids is 2. The van der Waals surface area contributed by atoms with E-state index in [-0.39, 0.29) is 11.3 Å². The Morgan fingerprint density at radius 3 is 2.19 bits per heavy atom. The van der Waals surface area contributed by atoms with E-state index in [1.54, 1.807) is 0 Å². The van der Waals surface area contributed by atoms with Crippen LogP contribution in [-0.4, -0.2) is 24.4 Å². The number of alkyl halides is 3. The molecule has 0 fully saturated rings. The number of rotatable bonds is 4. The quantitative estimate of drug-likeness (QED) is 0.792. The van der Waals surface area contributed by atoms with Gasteiger partial charge in [-0.05, 0) is 32.0 Å². The highest BCUT2D eigenvalue weighted by atomic mass is 19.4. The largest absolute Gasteiger partial charge is 0.416 e. The molecule has 0 heterocycles. The molecule has 8 heteroatoms. The molecule has 0 atom stereocenters. The molecule has 0 bridgehead atoms. The molecule has 5 nitrogen and oxygen atoms in total. The average Bonchev–Trinajstić information content (AvgIpc) is 2.36. The molecule has 0 aliphatic carbocycles. The summed E-state index contributed by atoms with van der Waals surface area (Å²) in [4.78, 5) is 23.3. The van der Waals surface area contributed by atoms with Crippen molar-refractivity contribution in [3.63, 3.8) is 0 Å². The number of amides is 2. The first-order chi connectivity index (χ1) is 9.49. The molecule has 21 heavy (non-hydrogen) atoms. The summed E-state index contributed by atoms with van der Waals surface area (Å²) in [5, 5.41) is 4.93. The standard InChI is InChI=1S/C13H16F3N3O2/c1-12(2,11(17)21)19-10(20)8-6-7(13(14,15)16)4-5-9(8)18-3/h4-6,18H,1-3H3,(H2,17,21)(H,19,20). The first-order valence-electron chi connectivity index (χ1n) is 6.00. The summed E-state index contributed by atoms with van der Waals surface area (Å²) < 4.78 is 38.1. The molecule has 0 radical (unpaired) electrons. The summed E-state index contributed by atoms with van der Waals surface area (Å²) in [6, 6.07) is 2.73. The van der Waals surface area contributed by atoms with Crippen LogP contribution in [0.1, 0.15) is 29.8 Å². The van der Waals surface area contributed by atoms with Gasteiger partial charge in [0.2, 0.25) is 5.91 Å². The number of carbonyl (C=O) groups is 2.